The Morgan fingerprint density at radius 3 is 2.38 bits per heavy atom. The van der Waals surface area contributed by atoms with Crippen LogP contribution in [0.5, 0.6) is 0 Å². The Hall–Kier alpha value is -0.860. The molecule has 1 aromatic carbocycles. The Labute approximate surface area is 194 Å². The van der Waals surface area contributed by atoms with Crippen LogP contribution in [0.1, 0.15) is 56.9 Å². The smallest absolute Gasteiger partial charge is 0.191 e. The van der Waals surface area contributed by atoms with Crippen molar-refractivity contribution in [2.75, 3.05) is 33.3 Å². The van der Waals surface area contributed by atoms with Crippen LogP contribution in [0.2, 0.25) is 0 Å². The molecule has 2 fully saturated rings. The Kier molecular flexibility index (Phi) is 12.0. The summed E-state index contributed by atoms with van der Waals surface area (Å²) in [5.74, 6) is 0.908. The van der Waals surface area contributed by atoms with Crippen LogP contribution in [0, 0.1) is 0 Å². The van der Waals surface area contributed by atoms with Crippen molar-refractivity contribution < 1.29 is 4.74 Å². The number of aliphatic imine (C=N–C) groups is 1. The van der Waals surface area contributed by atoms with Gasteiger partial charge in [0.05, 0.1) is 12.7 Å². The first-order valence-corrected chi connectivity index (χ1v) is 11.2. The van der Waals surface area contributed by atoms with Gasteiger partial charge in [0.2, 0.25) is 0 Å². The second-order valence-electron chi connectivity index (χ2n) is 8.16. The lowest BCUT2D eigenvalue weighted by Crippen LogP contribution is -2.49. The van der Waals surface area contributed by atoms with Crippen LogP contribution in [-0.2, 0) is 11.3 Å². The van der Waals surface area contributed by atoms with Gasteiger partial charge in [-0.15, -0.1) is 24.0 Å². The van der Waals surface area contributed by atoms with E-state index in [1.807, 2.05) is 7.05 Å². The summed E-state index contributed by atoms with van der Waals surface area (Å²) in [5, 5.41) is 7.02. The number of guanidine groups is 1. The molecule has 6 heteroatoms. The van der Waals surface area contributed by atoms with Crippen LogP contribution in [0.15, 0.2) is 35.3 Å². The van der Waals surface area contributed by atoms with Gasteiger partial charge in [0.15, 0.2) is 5.96 Å². The minimum Gasteiger partial charge on any atom is -0.376 e. The minimum absolute atomic E-state index is 0. The normalized spacial score (nSPS) is 20.0. The maximum Gasteiger partial charge on any atom is 0.191 e. The maximum atomic E-state index is 6.07. The molecule has 1 saturated heterocycles. The first-order valence-electron chi connectivity index (χ1n) is 11.2. The monoisotopic (exact) mass is 514 g/mol. The lowest BCUT2D eigenvalue weighted by molar-refractivity contribution is 0.0467. The average molecular weight is 514 g/mol. The number of hydrogen-bond donors (Lipinski definition) is 2. The summed E-state index contributed by atoms with van der Waals surface area (Å²) in [4.78, 5) is 6.94. The molecule has 5 nitrogen and oxygen atoms in total. The summed E-state index contributed by atoms with van der Waals surface area (Å²) in [6.45, 7) is 4.91. The number of likely N-dealkylation sites (tertiary alicyclic amines) is 1. The van der Waals surface area contributed by atoms with Gasteiger partial charge in [0, 0.05) is 39.3 Å². The molecular formula is C23H39IN4O. The molecule has 0 unspecified atom stereocenters. The fraction of sp³-hybridized carbons (Fsp3) is 0.696. The van der Waals surface area contributed by atoms with E-state index >= 15 is 0 Å². The minimum atomic E-state index is 0. The molecule has 0 atom stereocenters. The number of halogens is 1. The predicted molar refractivity (Wildman–Crippen MR) is 132 cm³/mol. The van der Waals surface area contributed by atoms with Crippen LogP contribution in [0.4, 0.5) is 0 Å². The van der Waals surface area contributed by atoms with E-state index in [1.54, 1.807) is 0 Å². The van der Waals surface area contributed by atoms with Crippen molar-refractivity contribution in [3.8, 4) is 0 Å². The molecule has 0 aromatic heterocycles. The van der Waals surface area contributed by atoms with Crippen molar-refractivity contribution in [3.63, 3.8) is 0 Å². The third kappa shape index (κ3) is 9.22. The molecule has 1 saturated carbocycles. The third-order valence-electron chi connectivity index (χ3n) is 5.95. The zero-order valence-corrected chi connectivity index (χ0v) is 20.3. The number of nitrogens with one attached hydrogen (secondary N) is 2. The quantitative estimate of drug-likeness (QED) is 0.189. The van der Waals surface area contributed by atoms with E-state index in [0.717, 1.165) is 51.6 Å². The van der Waals surface area contributed by atoms with Crippen LogP contribution < -0.4 is 10.6 Å². The molecule has 1 heterocycles. The maximum absolute atomic E-state index is 6.07. The van der Waals surface area contributed by atoms with Gasteiger partial charge in [0.1, 0.15) is 0 Å². The summed E-state index contributed by atoms with van der Waals surface area (Å²) in [7, 11) is 1.85. The fourth-order valence-electron chi connectivity index (χ4n) is 4.27. The van der Waals surface area contributed by atoms with Gasteiger partial charge < -0.3 is 15.4 Å². The molecule has 2 aliphatic rings. The van der Waals surface area contributed by atoms with E-state index in [0.29, 0.717) is 12.1 Å². The highest BCUT2D eigenvalue weighted by Gasteiger charge is 2.20. The summed E-state index contributed by atoms with van der Waals surface area (Å²) in [5.41, 5.74) is 1.40. The molecular weight excluding hydrogens is 475 g/mol. The van der Waals surface area contributed by atoms with Gasteiger partial charge in [-0.2, -0.15) is 0 Å². The van der Waals surface area contributed by atoms with Crippen LogP contribution in [0.3, 0.4) is 0 Å². The van der Waals surface area contributed by atoms with Crippen LogP contribution >= 0.6 is 24.0 Å². The van der Waals surface area contributed by atoms with Crippen molar-refractivity contribution in [1.82, 2.24) is 15.5 Å². The molecule has 0 bridgehead atoms. The van der Waals surface area contributed by atoms with E-state index < -0.39 is 0 Å². The number of ether oxygens (including phenoxy) is 1. The molecule has 1 aliphatic heterocycles. The third-order valence-corrected chi connectivity index (χ3v) is 5.95. The molecule has 0 spiro atoms. The molecule has 1 aromatic rings. The van der Waals surface area contributed by atoms with Crippen LogP contribution in [-0.4, -0.2) is 56.3 Å². The zero-order chi connectivity index (χ0) is 19.4. The highest BCUT2D eigenvalue weighted by atomic mass is 127. The van der Waals surface area contributed by atoms with Gasteiger partial charge in [-0.1, -0.05) is 56.0 Å². The molecule has 1 aliphatic carbocycles. The lowest BCUT2D eigenvalue weighted by Gasteiger charge is -2.33. The topological polar surface area (TPSA) is 48.9 Å². The van der Waals surface area contributed by atoms with Crippen LogP contribution in [0.25, 0.3) is 0 Å². The number of piperidine rings is 1. The van der Waals surface area contributed by atoms with Crippen molar-refractivity contribution in [2.45, 2.75) is 70.1 Å². The molecule has 3 rings (SSSR count). The summed E-state index contributed by atoms with van der Waals surface area (Å²) >= 11 is 0. The largest absolute Gasteiger partial charge is 0.376 e. The van der Waals surface area contributed by atoms with Crippen molar-refractivity contribution >= 4 is 29.9 Å². The standard InChI is InChI=1S/C23H38N4O.HI/c1-24-23(25-15-18-28-22-11-7-2-3-8-12-22)26-21-13-16-27(17-14-21)19-20-9-5-4-6-10-20;/h4-6,9-10,21-22H,2-3,7-8,11-19H2,1H3,(H2,24,25,26);1H. The van der Waals surface area contributed by atoms with Gasteiger partial charge in [-0.05, 0) is 31.2 Å². The Morgan fingerprint density at radius 1 is 1.03 bits per heavy atom. The number of hydrogen-bond acceptors (Lipinski definition) is 3. The average Bonchev–Trinajstić information content (AvgIpc) is 3.01. The highest BCUT2D eigenvalue weighted by Crippen LogP contribution is 2.19. The molecule has 0 amide bonds. The van der Waals surface area contributed by atoms with E-state index in [1.165, 1.54) is 44.1 Å². The van der Waals surface area contributed by atoms with Crippen molar-refractivity contribution in [1.29, 1.82) is 0 Å². The summed E-state index contributed by atoms with van der Waals surface area (Å²) in [6.07, 6.45) is 10.6. The van der Waals surface area contributed by atoms with E-state index in [-0.39, 0.29) is 24.0 Å². The van der Waals surface area contributed by atoms with E-state index in [4.69, 9.17) is 4.74 Å². The number of rotatable bonds is 7. The predicted octanol–water partition coefficient (Wildman–Crippen LogP) is 4.17. The Bertz CT molecular complexity index is 568. The molecule has 164 valence electrons. The zero-order valence-electron chi connectivity index (χ0n) is 17.9. The van der Waals surface area contributed by atoms with E-state index in [2.05, 4.69) is 50.9 Å². The van der Waals surface area contributed by atoms with Gasteiger partial charge >= 0.3 is 0 Å². The molecule has 2 N–H and O–H groups in total. The first kappa shape index (κ1) is 24.4. The Morgan fingerprint density at radius 2 is 1.72 bits per heavy atom. The highest BCUT2D eigenvalue weighted by molar-refractivity contribution is 14.0. The molecule has 29 heavy (non-hydrogen) atoms. The SMILES string of the molecule is CN=C(NCCOC1CCCCCC1)NC1CCN(Cc2ccccc2)CC1.I. The van der Waals surface area contributed by atoms with Crippen molar-refractivity contribution in [2.24, 2.45) is 4.99 Å². The number of nitrogens with zero attached hydrogens (tertiary/aromatic N) is 2. The van der Waals surface area contributed by atoms with Crippen molar-refractivity contribution in [3.05, 3.63) is 35.9 Å². The van der Waals surface area contributed by atoms with Gasteiger partial charge in [-0.25, -0.2) is 0 Å². The summed E-state index contributed by atoms with van der Waals surface area (Å²) < 4.78 is 6.07. The van der Waals surface area contributed by atoms with E-state index in [9.17, 15) is 0 Å². The second-order valence-corrected chi connectivity index (χ2v) is 8.16. The fourth-order valence-corrected chi connectivity index (χ4v) is 4.27. The second kappa shape index (κ2) is 14.2. The van der Waals surface area contributed by atoms with Gasteiger partial charge in [-0.3, -0.25) is 9.89 Å². The van der Waals surface area contributed by atoms with Gasteiger partial charge in [0.25, 0.3) is 0 Å². The summed E-state index contributed by atoms with van der Waals surface area (Å²) in [6, 6.07) is 11.3. The molecule has 0 radical (unpaired) electrons. The lowest BCUT2D eigenvalue weighted by atomic mass is 10.0. The first-order chi connectivity index (χ1) is 13.8. The number of benzene rings is 1. The Balaban J connectivity index is 0.00000300.